The van der Waals surface area contributed by atoms with E-state index in [1.165, 1.54) is 0 Å². The lowest BCUT2D eigenvalue weighted by Gasteiger charge is -2.12. The van der Waals surface area contributed by atoms with E-state index in [9.17, 15) is 35.5 Å². The molecule has 0 unspecified atom stereocenters. The van der Waals surface area contributed by atoms with E-state index in [-0.39, 0.29) is 12.1 Å². The second kappa shape index (κ2) is 4.52. The van der Waals surface area contributed by atoms with Crippen LogP contribution in [0.4, 0.5) is 30.7 Å². The summed E-state index contributed by atoms with van der Waals surface area (Å²) in [6.07, 6.45) is -10.3. The van der Waals surface area contributed by atoms with Crippen molar-refractivity contribution in [1.82, 2.24) is 0 Å². The second-order valence-electron chi connectivity index (χ2n) is 3.14. The molecule has 100 valence electrons. The minimum Gasteiger partial charge on any atom is -0.284 e. The minimum atomic E-state index is -5.37. The van der Waals surface area contributed by atoms with Gasteiger partial charge in [-0.25, -0.2) is 4.39 Å². The van der Waals surface area contributed by atoms with Crippen molar-refractivity contribution in [3.63, 3.8) is 0 Å². The van der Waals surface area contributed by atoms with Crippen LogP contribution < -0.4 is 0 Å². The third kappa shape index (κ3) is 3.01. The van der Waals surface area contributed by atoms with Gasteiger partial charge in [-0.1, -0.05) is 0 Å². The molecule has 0 bridgehead atoms. The van der Waals surface area contributed by atoms with E-state index in [4.69, 9.17) is 0 Å². The molecule has 0 aromatic heterocycles. The SMILES string of the molecule is O=C(c1c(F)cc(C(F)(F)F)cc1Br)C(F)(F)F. The van der Waals surface area contributed by atoms with Crippen LogP contribution in [0.25, 0.3) is 0 Å². The van der Waals surface area contributed by atoms with Crippen LogP contribution in [0.5, 0.6) is 0 Å². The van der Waals surface area contributed by atoms with Crippen molar-refractivity contribution in [3.05, 3.63) is 33.5 Å². The molecule has 1 nitrogen and oxygen atoms in total. The third-order valence-electron chi connectivity index (χ3n) is 1.85. The van der Waals surface area contributed by atoms with Gasteiger partial charge in [0.05, 0.1) is 11.1 Å². The van der Waals surface area contributed by atoms with Crippen molar-refractivity contribution in [2.45, 2.75) is 12.4 Å². The molecule has 0 aliphatic carbocycles. The molecule has 0 fully saturated rings. The summed E-state index contributed by atoms with van der Waals surface area (Å²) in [6, 6.07) is 0.0474. The zero-order valence-corrected chi connectivity index (χ0v) is 9.67. The number of hydrogen-bond donors (Lipinski definition) is 0. The molecule has 0 atom stereocenters. The second-order valence-corrected chi connectivity index (χ2v) is 3.99. The average Bonchev–Trinajstić information content (AvgIpc) is 2.13. The number of hydrogen-bond acceptors (Lipinski definition) is 1. The molecule has 0 saturated heterocycles. The first kappa shape index (κ1) is 14.9. The van der Waals surface area contributed by atoms with Crippen molar-refractivity contribution < 1.29 is 35.5 Å². The number of alkyl halides is 6. The van der Waals surface area contributed by atoms with Gasteiger partial charge in [-0.2, -0.15) is 26.3 Å². The molecule has 0 aliphatic rings. The van der Waals surface area contributed by atoms with Crippen LogP contribution in [0.1, 0.15) is 15.9 Å². The monoisotopic (exact) mass is 338 g/mol. The quantitative estimate of drug-likeness (QED) is 0.549. The molecule has 0 radical (unpaired) electrons. The van der Waals surface area contributed by atoms with Crippen LogP contribution in [0.3, 0.4) is 0 Å². The normalized spacial score (nSPS) is 12.7. The summed E-state index contributed by atoms with van der Waals surface area (Å²) in [5, 5.41) is 0. The van der Waals surface area contributed by atoms with Gasteiger partial charge in [0.25, 0.3) is 5.78 Å². The molecule has 0 heterocycles. The van der Waals surface area contributed by atoms with Crippen LogP contribution in [-0.2, 0) is 6.18 Å². The smallest absolute Gasteiger partial charge is 0.284 e. The van der Waals surface area contributed by atoms with Crippen molar-refractivity contribution in [2.24, 2.45) is 0 Å². The Morgan fingerprint density at radius 2 is 1.56 bits per heavy atom. The van der Waals surface area contributed by atoms with Gasteiger partial charge in [-0.3, -0.25) is 4.79 Å². The van der Waals surface area contributed by atoms with Gasteiger partial charge in [0.2, 0.25) is 0 Å². The largest absolute Gasteiger partial charge is 0.455 e. The van der Waals surface area contributed by atoms with Gasteiger partial charge in [0.15, 0.2) is 0 Å². The van der Waals surface area contributed by atoms with Crippen molar-refractivity contribution in [1.29, 1.82) is 0 Å². The van der Waals surface area contributed by atoms with Crippen LogP contribution in [-0.4, -0.2) is 12.0 Å². The van der Waals surface area contributed by atoms with Crippen LogP contribution in [0.2, 0.25) is 0 Å². The first-order valence-electron chi connectivity index (χ1n) is 4.12. The number of halogens is 8. The summed E-state index contributed by atoms with van der Waals surface area (Å²) in [5.74, 6) is -4.44. The summed E-state index contributed by atoms with van der Waals surface area (Å²) >= 11 is 2.32. The molecule has 1 rings (SSSR count). The molecule has 1 aromatic rings. The fraction of sp³-hybridized carbons (Fsp3) is 0.222. The van der Waals surface area contributed by atoms with Gasteiger partial charge in [-0.05, 0) is 28.1 Å². The Labute approximate surface area is 104 Å². The van der Waals surface area contributed by atoms with E-state index in [2.05, 4.69) is 15.9 Å². The van der Waals surface area contributed by atoms with E-state index in [1.54, 1.807) is 0 Å². The lowest BCUT2D eigenvalue weighted by molar-refractivity contribution is -0.137. The fourth-order valence-corrected chi connectivity index (χ4v) is 1.71. The Kier molecular flexibility index (Phi) is 3.75. The van der Waals surface area contributed by atoms with Crippen molar-refractivity contribution >= 4 is 21.7 Å². The van der Waals surface area contributed by atoms with Crippen molar-refractivity contribution in [3.8, 4) is 0 Å². The predicted molar refractivity (Wildman–Crippen MR) is 49.5 cm³/mol. The molecule has 0 aliphatic heterocycles. The third-order valence-corrected chi connectivity index (χ3v) is 2.48. The lowest BCUT2D eigenvalue weighted by Crippen LogP contribution is -2.24. The molecule has 0 N–H and O–H groups in total. The van der Waals surface area contributed by atoms with E-state index >= 15 is 0 Å². The zero-order chi connectivity index (χ0) is 14.3. The number of benzene rings is 1. The molecule has 18 heavy (non-hydrogen) atoms. The number of carbonyl (C=O) groups is 1. The Hall–Kier alpha value is -1.12. The van der Waals surface area contributed by atoms with E-state index in [0.717, 1.165) is 0 Å². The minimum absolute atomic E-state index is 0.163. The fourth-order valence-electron chi connectivity index (χ4n) is 1.10. The van der Waals surface area contributed by atoms with E-state index in [0.29, 0.717) is 0 Å². The van der Waals surface area contributed by atoms with Gasteiger partial charge in [-0.15, -0.1) is 0 Å². The average molecular weight is 339 g/mol. The summed E-state index contributed by atoms with van der Waals surface area (Å²) in [6.45, 7) is 0. The summed E-state index contributed by atoms with van der Waals surface area (Å²) < 4.78 is 85.1. The van der Waals surface area contributed by atoms with Gasteiger partial charge in [0.1, 0.15) is 5.82 Å². The highest BCUT2D eigenvalue weighted by Gasteiger charge is 2.43. The molecule has 0 spiro atoms. The lowest BCUT2D eigenvalue weighted by atomic mass is 10.1. The summed E-state index contributed by atoms with van der Waals surface area (Å²) in [4.78, 5) is 10.8. The van der Waals surface area contributed by atoms with Crippen molar-refractivity contribution in [2.75, 3.05) is 0 Å². The molecular weight excluding hydrogens is 337 g/mol. The Balaban J connectivity index is 3.39. The Morgan fingerprint density at radius 3 is 1.89 bits per heavy atom. The highest BCUT2D eigenvalue weighted by atomic mass is 79.9. The molecule has 9 heteroatoms. The van der Waals surface area contributed by atoms with Crippen LogP contribution >= 0.6 is 15.9 Å². The standard InChI is InChI=1S/C9H2BrF7O/c10-4-1-3(8(12,13)14)2-5(11)6(4)7(18)9(15,16)17/h1-2H. The number of carbonyl (C=O) groups excluding carboxylic acids is 1. The van der Waals surface area contributed by atoms with Gasteiger partial charge < -0.3 is 0 Å². The topological polar surface area (TPSA) is 17.1 Å². The highest BCUT2D eigenvalue weighted by molar-refractivity contribution is 9.10. The summed E-state index contributed by atoms with van der Waals surface area (Å²) in [7, 11) is 0. The molecular formula is C9H2BrF7O. The van der Waals surface area contributed by atoms with Crippen LogP contribution in [0.15, 0.2) is 16.6 Å². The maximum Gasteiger partial charge on any atom is 0.455 e. The molecule has 1 aromatic carbocycles. The maximum atomic E-state index is 13.2. The van der Waals surface area contributed by atoms with Crippen LogP contribution in [0, 0.1) is 5.82 Å². The predicted octanol–water partition coefficient (Wildman–Crippen LogP) is 4.35. The number of Topliss-reactive ketones (excluding diaryl/α,β-unsaturated/α-hetero) is 1. The first-order valence-corrected chi connectivity index (χ1v) is 4.91. The Bertz CT molecular complexity index is 466. The first-order chi connectivity index (χ1) is 7.94. The number of ketones is 1. The Morgan fingerprint density at radius 1 is 1.06 bits per heavy atom. The summed E-state index contributed by atoms with van der Waals surface area (Å²) in [5.41, 5.74) is -2.97. The van der Waals surface area contributed by atoms with E-state index in [1.807, 2.05) is 0 Å². The zero-order valence-electron chi connectivity index (χ0n) is 8.09. The number of rotatable bonds is 1. The van der Waals surface area contributed by atoms with Gasteiger partial charge in [0, 0.05) is 4.47 Å². The maximum absolute atomic E-state index is 13.2. The molecule has 0 saturated carbocycles. The highest BCUT2D eigenvalue weighted by Crippen LogP contribution is 2.35. The molecule has 0 amide bonds. The van der Waals surface area contributed by atoms with Gasteiger partial charge >= 0.3 is 12.4 Å². The van der Waals surface area contributed by atoms with E-state index < -0.39 is 39.6 Å².